The normalized spacial score (nSPS) is 10.8. The molecule has 0 amide bonds. The number of rotatable bonds is 4. The highest BCUT2D eigenvalue weighted by atomic mass is 35.5. The van der Waals surface area contributed by atoms with Gasteiger partial charge in [-0.25, -0.2) is 4.98 Å². The first kappa shape index (κ1) is 12.1. The summed E-state index contributed by atoms with van der Waals surface area (Å²) in [7, 11) is 1.96. The van der Waals surface area contributed by atoms with Gasteiger partial charge >= 0.3 is 0 Å². The topological polar surface area (TPSA) is 43.8 Å². The molecule has 3 nitrogen and oxygen atoms in total. The lowest BCUT2D eigenvalue weighted by Crippen LogP contribution is -2.07. The summed E-state index contributed by atoms with van der Waals surface area (Å²) in [5.74, 6) is 0.832. The summed E-state index contributed by atoms with van der Waals surface area (Å²) in [6.07, 6.45) is 1.84. The SMILES string of the molecule is Cn1c(CN)nc(Cl)c1CCc1ccccc1. The number of aryl methyl sites for hydroxylation is 1. The van der Waals surface area contributed by atoms with E-state index in [1.54, 1.807) is 0 Å². The zero-order chi connectivity index (χ0) is 12.3. The smallest absolute Gasteiger partial charge is 0.150 e. The molecule has 2 rings (SSSR count). The Balaban J connectivity index is 2.12. The first-order chi connectivity index (χ1) is 8.22. The average Bonchev–Trinajstić information content (AvgIpc) is 2.63. The zero-order valence-corrected chi connectivity index (χ0v) is 10.6. The zero-order valence-electron chi connectivity index (χ0n) is 9.86. The largest absolute Gasteiger partial charge is 0.333 e. The second kappa shape index (κ2) is 5.34. The molecule has 0 saturated heterocycles. The molecular formula is C13H16ClN3. The lowest BCUT2D eigenvalue weighted by molar-refractivity contribution is 0.739. The highest BCUT2D eigenvalue weighted by molar-refractivity contribution is 6.30. The van der Waals surface area contributed by atoms with Crippen LogP contribution < -0.4 is 5.73 Å². The predicted molar refractivity (Wildman–Crippen MR) is 70.0 cm³/mol. The van der Waals surface area contributed by atoms with Crippen molar-refractivity contribution in [3.63, 3.8) is 0 Å². The second-order valence-corrected chi connectivity index (χ2v) is 4.37. The molecular weight excluding hydrogens is 234 g/mol. The number of imidazole rings is 1. The molecule has 1 heterocycles. The van der Waals surface area contributed by atoms with Crippen molar-refractivity contribution < 1.29 is 0 Å². The minimum Gasteiger partial charge on any atom is -0.333 e. The van der Waals surface area contributed by atoms with Crippen LogP contribution >= 0.6 is 11.6 Å². The van der Waals surface area contributed by atoms with Crippen molar-refractivity contribution in [2.45, 2.75) is 19.4 Å². The van der Waals surface area contributed by atoms with Gasteiger partial charge in [-0.1, -0.05) is 41.9 Å². The summed E-state index contributed by atoms with van der Waals surface area (Å²) in [6, 6.07) is 10.4. The molecule has 0 radical (unpaired) electrons. The van der Waals surface area contributed by atoms with Crippen LogP contribution in [0.3, 0.4) is 0 Å². The molecule has 0 atom stereocenters. The lowest BCUT2D eigenvalue weighted by atomic mass is 10.1. The first-order valence-electron chi connectivity index (χ1n) is 5.66. The molecule has 0 unspecified atom stereocenters. The Labute approximate surface area is 106 Å². The number of hydrogen-bond acceptors (Lipinski definition) is 2. The number of hydrogen-bond donors (Lipinski definition) is 1. The van der Waals surface area contributed by atoms with Crippen LogP contribution in [-0.4, -0.2) is 9.55 Å². The highest BCUT2D eigenvalue weighted by Gasteiger charge is 2.11. The molecule has 0 aliphatic heterocycles. The van der Waals surface area contributed by atoms with Crippen LogP contribution in [0.1, 0.15) is 17.1 Å². The van der Waals surface area contributed by atoms with E-state index >= 15 is 0 Å². The fourth-order valence-electron chi connectivity index (χ4n) is 1.91. The van der Waals surface area contributed by atoms with E-state index in [0.717, 1.165) is 24.4 Å². The maximum atomic E-state index is 6.11. The number of aromatic nitrogens is 2. The van der Waals surface area contributed by atoms with Crippen LogP contribution in [0.2, 0.25) is 5.15 Å². The van der Waals surface area contributed by atoms with Gasteiger partial charge in [-0.05, 0) is 18.4 Å². The van der Waals surface area contributed by atoms with E-state index < -0.39 is 0 Å². The number of halogens is 1. The van der Waals surface area contributed by atoms with Gasteiger partial charge in [-0.15, -0.1) is 0 Å². The van der Waals surface area contributed by atoms with Gasteiger partial charge in [0, 0.05) is 7.05 Å². The van der Waals surface area contributed by atoms with Gasteiger partial charge in [0.15, 0.2) is 5.15 Å². The Hall–Kier alpha value is -1.32. The third kappa shape index (κ3) is 2.68. The Morgan fingerprint density at radius 3 is 2.53 bits per heavy atom. The highest BCUT2D eigenvalue weighted by Crippen LogP contribution is 2.18. The van der Waals surface area contributed by atoms with E-state index in [1.807, 2.05) is 29.8 Å². The minimum absolute atomic E-state index is 0.418. The summed E-state index contributed by atoms with van der Waals surface area (Å²) in [5, 5.41) is 0.573. The van der Waals surface area contributed by atoms with Gasteiger partial charge in [0.25, 0.3) is 0 Å². The van der Waals surface area contributed by atoms with E-state index in [1.165, 1.54) is 5.56 Å². The molecule has 1 aromatic heterocycles. The molecule has 17 heavy (non-hydrogen) atoms. The molecule has 0 aliphatic rings. The average molecular weight is 250 g/mol. The van der Waals surface area contributed by atoms with Crippen molar-refractivity contribution in [3.8, 4) is 0 Å². The maximum absolute atomic E-state index is 6.11. The van der Waals surface area contributed by atoms with Crippen LogP contribution in [0.4, 0.5) is 0 Å². The number of benzene rings is 1. The van der Waals surface area contributed by atoms with Gasteiger partial charge in [0.1, 0.15) is 5.82 Å². The van der Waals surface area contributed by atoms with Crippen LogP contribution in [0.15, 0.2) is 30.3 Å². The summed E-state index contributed by atoms with van der Waals surface area (Å²) in [4.78, 5) is 4.24. The molecule has 0 bridgehead atoms. The predicted octanol–water partition coefficient (Wildman–Crippen LogP) is 2.32. The fraction of sp³-hybridized carbons (Fsp3) is 0.308. The molecule has 4 heteroatoms. The van der Waals surface area contributed by atoms with Crippen LogP contribution in [0, 0.1) is 0 Å². The van der Waals surface area contributed by atoms with Gasteiger partial charge < -0.3 is 10.3 Å². The molecule has 90 valence electrons. The molecule has 1 aromatic carbocycles. The Morgan fingerprint density at radius 2 is 1.94 bits per heavy atom. The third-order valence-corrected chi connectivity index (χ3v) is 3.24. The third-order valence-electron chi connectivity index (χ3n) is 2.93. The molecule has 0 spiro atoms. The second-order valence-electron chi connectivity index (χ2n) is 4.01. The van der Waals surface area contributed by atoms with Gasteiger partial charge in [-0.2, -0.15) is 0 Å². The van der Waals surface area contributed by atoms with E-state index in [4.69, 9.17) is 17.3 Å². The van der Waals surface area contributed by atoms with Crippen molar-refractivity contribution in [1.82, 2.24) is 9.55 Å². The van der Waals surface area contributed by atoms with Crippen molar-refractivity contribution in [2.24, 2.45) is 12.8 Å². The molecule has 2 aromatic rings. The van der Waals surface area contributed by atoms with Crippen LogP contribution in [0.25, 0.3) is 0 Å². The molecule has 0 saturated carbocycles. The Bertz CT molecular complexity index is 491. The number of nitrogens with zero attached hydrogens (tertiary/aromatic N) is 2. The monoisotopic (exact) mass is 249 g/mol. The number of nitrogens with two attached hydrogens (primary N) is 1. The van der Waals surface area contributed by atoms with Crippen molar-refractivity contribution in [3.05, 3.63) is 52.6 Å². The van der Waals surface area contributed by atoms with Gasteiger partial charge in [0.2, 0.25) is 0 Å². The van der Waals surface area contributed by atoms with Crippen molar-refractivity contribution >= 4 is 11.6 Å². The molecule has 0 aliphatic carbocycles. The fourth-order valence-corrected chi connectivity index (χ4v) is 2.23. The van der Waals surface area contributed by atoms with Crippen molar-refractivity contribution in [2.75, 3.05) is 0 Å². The van der Waals surface area contributed by atoms with Crippen LogP contribution in [-0.2, 0) is 26.4 Å². The maximum Gasteiger partial charge on any atom is 0.150 e. The lowest BCUT2D eigenvalue weighted by Gasteiger charge is -2.05. The summed E-state index contributed by atoms with van der Waals surface area (Å²) < 4.78 is 1.99. The molecule has 0 fully saturated rings. The van der Waals surface area contributed by atoms with Crippen molar-refractivity contribution in [1.29, 1.82) is 0 Å². The van der Waals surface area contributed by atoms with Crippen LogP contribution in [0.5, 0.6) is 0 Å². The summed E-state index contributed by atoms with van der Waals surface area (Å²) in [6.45, 7) is 0.418. The van der Waals surface area contributed by atoms with E-state index in [-0.39, 0.29) is 0 Å². The Kier molecular flexibility index (Phi) is 3.82. The summed E-state index contributed by atoms with van der Waals surface area (Å²) >= 11 is 6.11. The Morgan fingerprint density at radius 1 is 1.24 bits per heavy atom. The van der Waals surface area contributed by atoms with Gasteiger partial charge in [0.05, 0.1) is 12.2 Å². The van der Waals surface area contributed by atoms with E-state index in [2.05, 4.69) is 17.1 Å². The van der Waals surface area contributed by atoms with E-state index in [9.17, 15) is 0 Å². The minimum atomic E-state index is 0.418. The van der Waals surface area contributed by atoms with Gasteiger partial charge in [-0.3, -0.25) is 0 Å². The standard InChI is InChI=1S/C13H16ClN3/c1-17-11(13(14)16-12(17)9-15)8-7-10-5-3-2-4-6-10/h2-6H,7-9,15H2,1H3. The molecule has 2 N–H and O–H groups in total. The summed E-state index contributed by atoms with van der Waals surface area (Å²) in [5.41, 5.74) is 7.95. The first-order valence-corrected chi connectivity index (χ1v) is 6.04. The van der Waals surface area contributed by atoms with E-state index in [0.29, 0.717) is 11.7 Å². The quantitative estimate of drug-likeness (QED) is 0.904.